The Kier molecular flexibility index (Phi) is 7.52. The van der Waals surface area contributed by atoms with Crippen molar-refractivity contribution in [3.8, 4) is 0 Å². The fourth-order valence-electron chi connectivity index (χ4n) is 6.56. The molecule has 0 aliphatic heterocycles. The van der Waals surface area contributed by atoms with Gasteiger partial charge in [0.1, 0.15) is 0 Å². The van der Waals surface area contributed by atoms with Gasteiger partial charge < -0.3 is 5.73 Å². The second-order valence-electron chi connectivity index (χ2n) is 11.2. The van der Waals surface area contributed by atoms with Gasteiger partial charge in [-0.25, -0.2) is 0 Å². The summed E-state index contributed by atoms with van der Waals surface area (Å²) in [6, 6.07) is 0. The van der Waals surface area contributed by atoms with Gasteiger partial charge in [0.25, 0.3) is 0 Å². The molecule has 0 heterocycles. The van der Waals surface area contributed by atoms with Crippen molar-refractivity contribution in [1.82, 2.24) is 0 Å². The zero-order valence-electron chi connectivity index (χ0n) is 19.9. The third kappa shape index (κ3) is 5.27. The van der Waals surface area contributed by atoms with Crippen LogP contribution in [0, 0.1) is 23.2 Å². The molecule has 0 saturated heterocycles. The average molecular weight is 398 g/mol. The molecule has 3 aliphatic carbocycles. The van der Waals surface area contributed by atoms with Crippen molar-refractivity contribution >= 4 is 0 Å². The lowest BCUT2D eigenvalue weighted by Gasteiger charge is -2.42. The molecule has 3 aliphatic rings. The van der Waals surface area contributed by atoms with Crippen LogP contribution in [0.1, 0.15) is 111 Å². The monoisotopic (exact) mass is 397 g/mol. The second-order valence-corrected chi connectivity index (χ2v) is 11.2. The highest BCUT2D eigenvalue weighted by Gasteiger charge is 2.48. The lowest BCUT2D eigenvalue weighted by molar-refractivity contribution is 0.126. The minimum atomic E-state index is 0.0387. The summed E-state index contributed by atoms with van der Waals surface area (Å²) < 4.78 is 0. The molecule has 0 aromatic heterocycles. The largest absolute Gasteiger partial charge is 0.325 e. The standard InChI is InChI=1S/C28H47N/c1-6-27(4,29)19-8-7-14-25-17-18-26-24(13-10-20-28(25,26)5)16-15-23-12-9-11-21(2)22(23)3/h15-16,21,25-26H,3,6-14,17-20,29H2,1-2,4-5H3/b23-15-,24-16+. The number of rotatable bonds is 7. The molecule has 5 unspecified atom stereocenters. The van der Waals surface area contributed by atoms with Crippen molar-refractivity contribution < 1.29 is 0 Å². The van der Waals surface area contributed by atoms with Crippen molar-refractivity contribution in [2.45, 2.75) is 117 Å². The van der Waals surface area contributed by atoms with Crippen molar-refractivity contribution in [3.05, 3.63) is 35.5 Å². The van der Waals surface area contributed by atoms with Crippen LogP contribution in [0.3, 0.4) is 0 Å². The Labute approximate surface area is 181 Å². The highest BCUT2D eigenvalue weighted by atomic mass is 14.7. The smallest absolute Gasteiger partial charge is 0.0123 e. The number of fused-ring (bicyclic) bond motifs is 1. The molecular weight excluding hydrogens is 350 g/mol. The van der Waals surface area contributed by atoms with E-state index >= 15 is 0 Å². The quantitative estimate of drug-likeness (QED) is 0.431. The van der Waals surface area contributed by atoms with Crippen molar-refractivity contribution in [2.24, 2.45) is 28.9 Å². The van der Waals surface area contributed by atoms with Gasteiger partial charge in [-0.3, -0.25) is 0 Å². The van der Waals surface area contributed by atoms with Crippen LogP contribution in [0.4, 0.5) is 0 Å². The van der Waals surface area contributed by atoms with Crippen molar-refractivity contribution in [3.63, 3.8) is 0 Å². The molecule has 3 saturated carbocycles. The Bertz CT molecular complexity index is 637. The average Bonchev–Trinajstić information content (AvgIpc) is 3.03. The maximum Gasteiger partial charge on any atom is 0.0123 e. The fourth-order valence-corrected chi connectivity index (χ4v) is 6.56. The summed E-state index contributed by atoms with van der Waals surface area (Å²) in [4.78, 5) is 0. The predicted molar refractivity (Wildman–Crippen MR) is 128 cm³/mol. The third-order valence-electron chi connectivity index (χ3n) is 9.11. The van der Waals surface area contributed by atoms with E-state index in [0.717, 1.165) is 18.3 Å². The lowest BCUT2D eigenvalue weighted by Crippen LogP contribution is -2.35. The molecule has 0 aromatic carbocycles. The van der Waals surface area contributed by atoms with E-state index in [4.69, 9.17) is 5.73 Å². The summed E-state index contributed by atoms with van der Waals surface area (Å²) >= 11 is 0. The minimum absolute atomic E-state index is 0.0387. The summed E-state index contributed by atoms with van der Waals surface area (Å²) in [7, 11) is 0. The van der Waals surface area contributed by atoms with E-state index < -0.39 is 0 Å². The Morgan fingerprint density at radius 1 is 1.14 bits per heavy atom. The normalized spacial score (nSPS) is 37.7. The first-order valence-electron chi connectivity index (χ1n) is 12.6. The topological polar surface area (TPSA) is 26.0 Å². The number of allylic oxidation sites excluding steroid dienone is 5. The third-order valence-corrected chi connectivity index (χ3v) is 9.11. The molecule has 3 rings (SSSR count). The first kappa shape index (κ1) is 22.9. The minimum Gasteiger partial charge on any atom is -0.325 e. The van der Waals surface area contributed by atoms with Crippen LogP contribution in [0.15, 0.2) is 35.5 Å². The van der Waals surface area contributed by atoms with Crippen LogP contribution in [-0.4, -0.2) is 5.54 Å². The SMILES string of the molecule is C=C1/C(=C\C=C2/CCCC3(C)C(CCCCC(C)(N)CC)CCC23)CCCC1C. The Balaban J connectivity index is 1.61. The zero-order chi connectivity index (χ0) is 21.1. The summed E-state index contributed by atoms with van der Waals surface area (Å²) in [5.41, 5.74) is 11.6. The van der Waals surface area contributed by atoms with E-state index in [1.54, 1.807) is 5.57 Å². The molecule has 2 N–H and O–H groups in total. The molecule has 0 spiro atoms. The number of hydrogen-bond acceptors (Lipinski definition) is 1. The van der Waals surface area contributed by atoms with Crippen molar-refractivity contribution in [2.75, 3.05) is 0 Å². The summed E-state index contributed by atoms with van der Waals surface area (Å²) in [5, 5.41) is 0. The first-order chi connectivity index (χ1) is 13.8. The van der Waals surface area contributed by atoms with E-state index in [1.165, 1.54) is 88.2 Å². The summed E-state index contributed by atoms with van der Waals surface area (Å²) in [5.74, 6) is 2.41. The van der Waals surface area contributed by atoms with Gasteiger partial charge in [-0.05, 0) is 112 Å². The summed E-state index contributed by atoms with van der Waals surface area (Å²) in [6.07, 6.45) is 22.2. The van der Waals surface area contributed by atoms with E-state index in [0.29, 0.717) is 11.3 Å². The van der Waals surface area contributed by atoms with E-state index in [9.17, 15) is 0 Å². The molecular formula is C28H47N. The van der Waals surface area contributed by atoms with Gasteiger partial charge in [-0.1, -0.05) is 57.9 Å². The lowest BCUT2D eigenvalue weighted by atomic mass is 9.62. The van der Waals surface area contributed by atoms with Gasteiger partial charge in [0, 0.05) is 5.54 Å². The highest BCUT2D eigenvalue weighted by molar-refractivity contribution is 5.36. The maximum absolute atomic E-state index is 6.35. The van der Waals surface area contributed by atoms with E-state index in [2.05, 4.69) is 46.4 Å². The van der Waals surface area contributed by atoms with Crippen LogP contribution in [0.2, 0.25) is 0 Å². The molecule has 0 aromatic rings. The maximum atomic E-state index is 6.35. The van der Waals surface area contributed by atoms with Crippen LogP contribution < -0.4 is 5.73 Å². The molecule has 1 heteroatoms. The van der Waals surface area contributed by atoms with E-state index in [-0.39, 0.29) is 5.54 Å². The van der Waals surface area contributed by atoms with Gasteiger partial charge >= 0.3 is 0 Å². The van der Waals surface area contributed by atoms with Gasteiger partial charge in [-0.15, -0.1) is 0 Å². The summed E-state index contributed by atoms with van der Waals surface area (Å²) in [6.45, 7) is 13.8. The molecule has 29 heavy (non-hydrogen) atoms. The van der Waals surface area contributed by atoms with Gasteiger partial charge in [0.2, 0.25) is 0 Å². The van der Waals surface area contributed by atoms with Crippen molar-refractivity contribution in [1.29, 1.82) is 0 Å². The number of unbranched alkanes of at least 4 members (excludes halogenated alkanes) is 1. The molecule has 0 amide bonds. The second kappa shape index (κ2) is 9.54. The number of nitrogens with two attached hydrogens (primary N) is 1. The molecule has 164 valence electrons. The Morgan fingerprint density at radius 2 is 1.93 bits per heavy atom. The Morgan fingerprint density at radius 3 is 2.69 bits per heavy atom. The molecule has 0 radical (unpaired) electrons. The van der Waals surface area contributed by atoms with Crippen LogP contribution in [0.5, 0.6) is 0 Å². The predicted octanol–water partition coefficient (Wildman–Crippen LogP) is 8.12. The molecule has 1 nitrogen and oxygen atoms in total. The molecule has 5 atom stereocenters. The first-order valence-corrected chi connectivity index (χ1v) is 12.6. The zero-order valence-corrected chi connectivity index (χ0v) is 19.9. The van der Waals surface area contributed by atoms with E-state index in [1.807, 2.05) is 0 Å². The fraction of sp³-hybridized carbons (Fsp3) is 0.786. The molecule has 0 bridgehead atoms. The highest BCUT2D eigenvalue weighted by Crippen LogP contribution is 2.58. The van der Waals surface area contributed by atoms with Crippen LogP contribution in [0.25, 0.3) is 0 Å². The van der Waals surface area contributed by atoms with Crippen LogP contribution in [-0.2, 0) is 0 Å². The van der Waals surface area contributed by atoms with Gasteiger partial charge in [-0.2, -0.15) is 0 Å². The molecule has 3 fully saturated rings. The number of hydrogen-bond donors (Lipinski definition) is 1. The van der Waals surface area contributed by atoms with Crippen LogP contribution >= 0.6 is 0 Å². The van der Waals surface area contributed by atoms with Gasteiger partial charge in [0.15, 0.2) is 0 Å². The van der Waals surface area contributed by atoms with Gasteiger partial charge in [0.05, 0.1) is 0 Å². The Hall–Kier alpha value is -0.820.